The van der Waals surface area contributed by atoms with E-state index in [-0.39, 0.29) is 12.1 Å². The molecule has 0 amide bonds. The molecule has 0 aliphatic carbocycles. The molecule has 0 radical (unpaired) electrons. The molecule has 0 spiro atoms. The van der Waals surface area contributed by atoms with Crippen molar-refractivity contribution >= 4 is 5.97 Å². The number of esters is 1. The number of carbonyl (C=O) groups is 1. The second-order valence-electron chi connectivity index (χ2n) is 11.6. The minimum atomic E-state index is -0.00468. The van der Waals surface area contributed by atoms with Crippen LogP contribution in [0, 0.1) is 11.8 Å². The fourth-order valence-electron chi connectivity index (χ4n) is 5.01. The summed E-state index contributed by atoms with van der Waals surface area (Å²) in [6.45, 7) is 10.8. The topological polar surface area (TPSA) is 26.3 Å². The Balaban J connectivity index is 3.30. The zero-order valence-corrected chi connectivity index (χ0v) is 24.8. The van der Waals surface area contributed by atoms with E-state index < -0.39 is 0 Å². The van der Waals surface area contributed by atoms with E-state index in [9.17, 15) is 4.79 Å². The first-order valence-electron chi connectivity index (χ1n) is 15.8. The second-order valence-corrected chi connectivity index (χ2v) is 11.6. The summed E-state index contributed by atoms with van der Waals surface area (Å²) in [6, 6.07) is 0. The van der Waals surface area contributed by atoms with Crippen molar-refractivity contribution in [2.45, 2.75) is 182 Å². The summed E-state index contributed by atoms with van der Waals surface area (Å²) >= 11 is 0. The van der Waals surface area contributed by atoms with Crippen LogP contribution in [-0.4, -0.2) is 12.1 Å². The molecular formula is C33H64O2. The fraction of sp³-hybridized carbons (Fsp3) is 0.909. The maximum absolute atomic E-state index is 12.1. The molecule has 0 aromatic rings. The van der Waals surface area contributed by atoms with Gasteiger partial charge in [-0.2, -0.15) is 0 Å². The summed E-state index contributed by atoms with van der Waals surface area (Å²) in [4.78, 5) is 12.1. The van der Waals surface area contributed by atoms with Crippen LogP contribution in [0.15, 0.2) is 12.2 Å². The van der Waals surface area contributed by atoms with Crippen molar-refractivity contribution in [1.29, 1.82) is 0 Å². The van der Waals surface area contributed by atoms with Gasteiger partial charge in [-0.05, 0) is 43.9 Å². The van der Waals surface area contributed by atoms with Crippen molar-refractivity contribution in [3.8, 4) is 0 Å². The minimum Gasteiger partial charge on any atom is -0.462 e. The first-order chi connectivity index (χ1) is 17.0. The number of hydrogen-bond donors (Lipinski definition) is 0. The number of unbranched alkanes of at least 4 members (excludes halogenated alkanes) is 19. The van der Waals surface area contributed by atoms with Crippen molar-refractivity contribution in [1.82, 2.24) is 0 Å². The smallest absolute Gasteiger partial charge is 0.306 e. The average molecular weight is 493 g/mol. The molecule has 0 unspecified atom stereocenters. The molecule has 0 heterocycles. The average Bonchev–Trinajstić information content (AvgIpc) is 2.82. The van der Waals surface area contributed by atoms with Gasteiger partial charge < -0.3 is 4.74 Å². The largest absolute Gasteiger partial charge is 0.462 e. The third-order valence-electron chi connectivity index (χ3n) is 7.22. The summed E-state index contributed by atoms with van der Waals surface area (Å²) < 4.78 is 5.68. The normalized spacial score (nSPS) is 12.0. The van der Waals surface area contributed by atoms with Crippen LogP contribution in [0.3, 0.4) is 0 Å². The fourth-order valence-corrected chi connectivity index (χ4v) is 5.01. The summed E-state index contributed by atoms with van der Waals surface area (Å²) in [6.07, 6.45) is 33.8. The van der Waals surface area contributed by atoms with Crippen molar-refractivity contribution in [3.63, 3.8) is 0 Å². The number of ether oxygens (including phenoxy) is 1. The standard InChI is InChI=1S/C33H64O2/c1-6-7-8-9-10-11-12-13-14-15-16-17-18-19-20-21-22-23-24-25-26-27-28-29-32(34)35-33(30(2)3)31(4)5/h17-18,30-31,33H,6-16,19-29H2,1-5H3/b18-17-. The number of rotatable bonds is 26. The van der Waals surface area contributed by atoms with E-state index in [0.29, 0.717) is 18.3 Å². The maximum Gasteiger partial charge on any atom is 0.306 e. The Morgan fingerprint density at radius 1 is 0.543 bits per heavy atom. The second kappa shape index (κ2) is 26.3. The molecule has 0 aromatic carbocycles. The van der Waals surface area contributed by atoms with Gasteiger partial charge in [-0.3, -0.25) is 4.79 Å². The van der Waals surface area contributed by atoms with Crippen molar-refractivity contribution in [3.05, 3.63) is 12.2 Å². The van der Waals surface area contributed by atoms with Crippen LogP contribution in [0.5, 0.6) is 0 Å². The summed E-state index contributed by atoms with van der Waals surface area (Å²) in [7, 11) is 0. The van der Waals surface area contributed by atoms with Gasteiger partial charge in [-0.1, -0.05) is 150 Å². The Hall–Kier alpha value is -0.790. The van der Waals surface area contributed by atoms with Crippen LogP contribution in [0.25, 0.3) is 0 Å². The van der Waals surface area contributed by atoms with E-state index in [2.05, 4.69) is 46.8 Å². The number of carbonyl (C=O) groups excluding carboxylic acids is 1. The molecule has 208 valence electrons. The van der Waals surface area contributed by atoms with Gasteiger partial charge in [-0.15, -0.1) is 0 Å². The number of allylic oxidation sites excluding steroid dienone is 2. The molecule has 0 N–H and O–H groups in total. The van der Waals surface area contributed by atoms with Gasteiger partial charge in [0, 0.05) is 6.42 Å². The lowest BCUT2D eigenvalue weighted by Gasteiger charge is -2.24. The first-order valence-corrected chi connectivity index (χ1v) is 15.8. The van der Waals surface area contributed by atoms with Gasteiger partial charge in [-0.25, -0.2) is 0 Å². The Bertz CT molecular complexity index is 458. The quantitative estimate of drug-likeness (QED) is 0.0681. The molecule has 2 heteroatoms. The van der Waals surface area contributed by atoms with E-state index in [1.54, 1.807) is 0 Å². The Morgan fingerprint density at radius 2 is 0.886 bits per heavy atom. The first kappa shape index (κ1) is 34.2. The molecule has 0 aromatic heterocycles. The molecule has 0 atom stereocenters. The molecule has 0 saturated carbocycles. The molecular weight excluding hydrogens is 428 g/mol. The predicted octanol–water partition coefficient (Wildman–Crippen LogP) is 11.4. The summed E-state index contributed by atoms with van der Waals surface area (Å²) in [5.41, 5.74) is 0. The van der Waals surface area contributed by atoms with Gasteiger partial charge in [0.1, 0.15) is 6.10 Å². The van der Waals surface area contributed by atoms with Crippen molar-refractivity contribution in [2.24, 2.45) is 11.8 Å². The van der Waals surface area contributed by atoms with Crippen LogP contribution in [0.1, 0.15) is 176 Å². The highest BCUT2D eigenvalue weighted by Crippen LogP contribution is 2.18. The highest BCUT2D eigenvalue weighted by Gasteiger charge is 2.21. The van der Waals surface area contributed by atoms with Crippen LogP contribution in [0.2, 0.25) is 0 Å². The highest BCUT2D eigenvalue weighted by atomic mass is 16.5. The summed E-state index contributed by atoms with van der Waals surface area (Å²) in [5.74, 6) is 0.781. The zero-order valence-electron chi connectivity index (χ0n) is 24.8. The molecule has 0 aliphatic heterocycles. The van der Waals surface area contributed by atoms with E-state index in [4.69, 9.17) is 4.74 Å². The lowest BCUT2D eigenvalue weighted by atomic mass is 9.96. The third kappa shape index (κ3) is 24.7. The van der Waals surface area contributed by atoms with E-state index >= 15 is 0 Å². The van der Waals surface area contributed by atoms with E-state index in [1.807, 2.05) is 0 Å². The van der Waals surface area contributed by atoms with Crippen LogP contribution in [0.4, 0.5) is 0 Å². The van der Waals surface area contributed by atoms with E-state index in [1.165, 1.54) is 122 Å². The SMILES string of the molecule is CCCCCCCCCCCC/C=C\CCCCCCCCCCCC(=O)OC(C(C)C)C(C)C. The molecule has 35 heavy (non-hydrogen) atoms. The Morgan fingerprint density at radius 3 is 1.26 bits per heavy atom. The number of hydrogen-bond acceptors (Lipinski definition) is 2. The monoisotopic (exact) mass is 492 g/mol. The molecule has 0 aliphatic rings. The van der Waals surface area contributed by atoms with Gasteiger partial charge >= 0.3 is 5.97 Å². The van der Waals surface area contributed by atoms with Gasteiger partial charge in [0.25, 0.3) is 0 Å². The molecule has 0 saturated heterocycles. The van der Waals surface area contributed by atoms with Gasteiger partial charge in [0.15, 0.2) is 0 Å². The minimum absolute atomic E-state index is 0.00468. The van der Waals surface area contributed by atoms with Crippen LogP contribution < -0.4 is 0 Å². The van der Waals surface area contributed by atoms with Crippen molar-refractivity contribution < 1.29 is 9.53 Å². The third-order valence-corrected chi connectivity index (χ3v) is 7.22. The van der Waals surface area contributed by atoms with Gasteiger partial charge in [0.05, 0.1) is 0 Å². The highest BCUT2D eigenvalue weighted by molar-refractivity contribution is 5.69. The molecule has 2 nitrogen and oxygen atoms in total. The van der Waals surface area contributed by atoms with Crippen LogP contribution in [-0.2, 0) is 9.53 Å². The lowest BCUT2D eigenvalue weighted by Crippen LogP contribution is -2.28. The zero-order chi connectivity index (χ0) is 26.0. The van der Waals surface area contributed by atoms with E-state index in [0.717, 1.165) is 12.8 Å². The molecule has 0 rings (SSSR count). The molecule has 0 bridgehead atoms. The molecule has 0 fully saturated rings. The lowest BCUT2D eigenvalue weighted by molar-refractivity contribution is -0.154. The summed E-state index contributed by atoms with van der Waals surface area (Å²) in [5, 5.41) is 0. The Kier molecular flexibility index (Phi) is 25.7. The Labute approximate surface area is 221 Å². The van der Waals surface area contributed by atoms with Crippen LogP contribution >= 0.6 is 0 Å². The van der Waals surface area contributed by atoms with Crippen molar-refractivity contribution in [2.75, 3.05) is 0 Å². The predicted molar refractivity (Wildman–Crippen MR) is 156 cm³/mol. The maximum atomic E-state index is 12.1. The van der Waals surface area contributed by atoms with Gasteiger partial charge in [0.2, 0.25) is 0 Å².